The lowest BCUT2D eigenvalue weighted by Gasteiger charge is -2.26. The van der Waals surface area contributed by atoms with Crippen molar-refractivity contribution in [2.45, 2.75) is 27.2 Å². The van der Waals surface area contributed by atoms with E-state index in [1.165, 1.54) is 12.1 Å². The first kappa shape index (κ1) is 14.2. The molecule has 1 saturated heterocycles. The average molecular weight is 275 g/mol. The molecule has 5 heteroatoms. The highest BCUT2D eigenvalue weighted by Gasteiger charge is 2.51. The fourth-order valence-corrected chi connectivity index (χ4v) is 2.38. The number of benzene rings is 1. The molecular formula is C15H17NO4. The van der Waals surface area contributed by atoms with Crippen LogP contribution in [0.1, 0.15) is 37.6 Å². The maximum absolute atomic E-state index is 12.6. The first-order valence-corrected chi connectivity index (χ1v) is 6.48. The van der Waals surface area contributed by atoms with Crippen molar-refractivity contribution in [3.05, 3.63) is 29.8 Å². The zero-order valence-corrected chi connectivity index (χ0v) is 11.7. The molecule has 1 aliphatic heterocycles. The van der Waals surface area contributed by atoms with Gasteiger partial charge >= 0.3 is 5.97 Å². The predicted octanol–water partition coefficient (Wildman–Crippen LogP) is 2.31. The SMILES string of the molecule is CC(C)C1(C)CC(=O)N(c2ccccc2C(=O)O)C1=O. The summed E-state index contributed by atoms with van der Waals surface area (Å²) in [6, 6.07) is 6.07. The Morgan fingerprint density at radius 3 is 2.40 bits per heavy atom. The lowest BCUT2D eigenvalue weighted by molar-refractivity contribution is -0.126. The van der Waals surface area contributed by atoms with Crippen molar-refractivity contribution in [1.82, 2.24) is 0 Å². The van der Waals surface area contributed by atoms with Crippen LogP contribution in [0, 0.1) is 11.3 Å². The van der Waals surface area contributed by atoms with Gasteiger partial charge in [-0.15, -0.1) is 0 Å². The van der Waals surface area contributed by atoms with Gasteiger partial charge in [0.2, 0.25) is 11.8 Å². The van der Waals surface area contributed by atoms with Crippen LogP contribution in [0.4, 0.5) is 5.69 Å². The van der Waals surface area contributed by atoms with Crippen molar-refractivity contribution in [2.24, 2.45) is 11.3 Å². The molecule has 2 amide bonds. The third-order valence-corrected chi connectivity index (χ3v) is 4.11. The van der Waals surface area contributed by atoms with E-state index in [2.05, 4.69) is 0 Å². The molecule has 0 bridgehead atoms. The lowest BCUT2D eigenvalue weighted by atomic mass is 9.78. The van der Waals surface area contributed by atoms with E-state index in [4.69, 9.17) is 0 Å². The maximum Gasteiger partial charge on any atom is 0.337 e. The van der Waals surface area contributed by atoms with Crippen LogP contribution >= 0.6 is 0 Å². The Kier molecular flexibility index (Phi) is 3.38. The number of nitrogens with zero attached hydrogens (tertiary/aromatic N) is 1. The number of anilines is 1. The van der Waals surface area contributed by atoms with Crippen LogP contribution in [0.5, 0.6) is 0 Å². The van der Waals surface area contributed by atoms with E-state index in [1.54, 1.807) is 19.1 Å². The standard InChI is InChI=1S/C15H17NO4/c1-9(2)15(3)8-12(17)16(14(15)20)11-7-5-4-6-10(11)13(18)19/h4-7,9H,8H2,1-3H3,(H,18,19). The number of rotatable bonds is 3. The molecule has 1 N–H and O–H groups in total. The number of hydrogen-bond donors (Lipinski definition) is 1. The van der Waals surface area contributed by atoms with Gasteiger partial charge in [0, 0.05) is 6.42 Å². The first-order chi connectivity index (χ1) is 9.29. The van der Waals surface area contributed by atoms with Gasteiger partial charge in [-0.1, -0.05) is 26.0 Å². The average Bonchev–Trinajstić information content (AvgIpc) is 2.61. The fourth-order valence-electron chi connectivity index (χ4n) is 2.38. The number of carbonyl (C=O) groups is 3. The summed E-state index contributed by atoms with van der Waals surface area (Å²) in [5.74, 6) is -1.83. The Morgan fingerprint density at radius 1 is 1.30 bits per heavy atom. The molecule has 2 rings (SSSR count). The smallest absolute Gasteiger partial charge is 0.337 e. The Hall–Kier alpha value is -2.17. The summed E-state index contributed by atoms with van der Waals surface area (Å²) in [4.78, 5) is 37.0. The maximum atomic E-state index is 12.6. The van der Waals surface area contributed by atoms with E-state index in [1.807, 2.05) is 13.8 Å². The van der Waals surface area contributed by atoms with Crippen LogP contribution in [0.2, 0.25) is 0 Å². The zero-order chi connectivity index (χ0) is 15.1. The number of carboxylic acid groups (broad SMARTS) is 1. The highest BCUT2D eigenvalue weighted by molar-refractivity contribution is 6.24. The third-order valence-electron chi connectivity index (χ3n) is 4.11. The Labute approximate surface area is 117 Å². The molecule has 106 valence electrons. The molecule has 1 aromatic carbocycles. The quantitative estimate of drug-likeness (QED) is 0.859. The van der Waals surface area contributed by atoms with Crippen LogP contribution in [0.15, 0.2) is 24.3 Å². The van der Waals surface area contributed by atoms with Crippen LogP contribution in [-0.4, -0.2) is 22.9 Å². The molecular weight excluding hydrogens is 258 g/mol. The van der Waals surface area contributed by atoms with Gasteiger partial charge in [0.05, 0.1) is 16.7 Å². The summed E-state index contributed by atoms with van der Waals surface area (Å²) in [5, 5.41) is 9.19. The molecule has 0 saturated carbocycles. The van der Waals surface area contributed by atoms with Gasteiger partial charge in [0.1, 0.15) is 0 Å². The van der Waals surface area contributed by atoms with Crippen molar-refractivity contribution in [3.8, 4) is 0 Å². The van der Waals surface area contributed by atoms with Crippen LogP contribution in [0.3, 0.4) is 0 Å². The van der Waals surface area contributed by atoms with Gasteiger partial charge in [-0.3, -0.25) is 9.59 Å². The van der Waals surface area contributed by atoms with Crippen molar-refractivity contribution in [2.75, 3.05) is 4.90 Å². The summed E-state index contributed by atoms with van der Waals surface area (Å²) in [6.45, 7) is 5.52. The van der Waals surface area contributed by atoms with Gasteiger partial charge in [-0.05, 0) is 25.0 Å². The number of imide groups is 1. The molecule has 1 atom stereocenters. The van der Waals surface area contributed by atoms with Crippen molar-refractivity contribution >= 4 is 23.5 Å². The molecule has 20 heavy (non-hydrogen) atoms. The van der Waals surface area contributed by atoms with Crippen LogP contribution in [-0.2, 0) is 9.59 Å². The Bertz CT molecular complexity index is 593. The molecule has 1 unspecified atom stereocenters. The lowest BCUT2D eigenvalue weighted by Crippen LogP contribution is -2.37. The molecule has 5 nitrogen and oxygen atoms in total. The summed E-state index contributed by atoms with van der Waals surface area (Å²) in [7, 11) is 0. The highest BCUT2D eigenvalue weighted by atomic mass is 16.4. The number of hydrogen-bond acceptors (Lipinski definition) is 3. The Morgan fingerprint density at radius 2 is 1.90 bits per heavy atom. The van der Waals surface area contributed by atoms with E-state index in [-0.39, 0.29) is 35.4 Å². The van der Waals surface area contributed by atoms with Crippen molar-refractivity contribution in [1.29, 1.82) is 0 Å². The second-order valence-corrected chi connectivity index (χ2v) is 5.61. The second-order valence-electron chi connectivity index (χ2n) is 5.61. The van der Waals surface area contributed by atoms with Crippen LogP contribution in [0.25, 0.3) is 0 Å². The number of carboxylic acids is 1. The molecule has 1 aromatic rings. The van der Waals surface area contributed by atoms with Gasteiger partial charge in [-0.2, -0.15) is 0 Å². The predicted molar refractivity (Wildman–Crippen MR) is 73.5 cm³/mol. The fraction of sp³-hybridized carbons (Fsp3) is 0.400. The van der Waals surface area contributed by atoms with E-state index in [0.29, 0.717) is 0 Å². The molecule has 0 aromatic heterocycles. The number of aromatic carboxylic acids is 1. The van der Waals surface area contributed by atoms with Gasteiger partial charge in [0.25, 0.3) is 0 Å². The number of amides is 2. The molecule has 0 spiro atoms. The Balaban J connectivity index is 2.52. The van der Waals surface area contributed by atoms with Gasteiger partial charge < -0.3 is 5.11 Å². The van der Waals surface area contributed by atoms with E-state index < -0.39 is 11.4 Å². The summed E-state index contributed by atoms with van der Waals surface area (Å²) in [5.41, 5.74) is -0.663. The first-order valence-electron chi connectivity index (χ1n) is 6.48. The van der Waals surface area contributed by atoms with Gasteiger partial charge in [-0.25, -0.2) is 9.69 Å². The molecule has 1 fully saturated rings. The molecule has 0 aliphatic carbocycles. The van der Waals surface area contributed by atoms with E-state index in [9.17, 15) is 19.5 Å². The van der Waals surface area contributed by atoms with E-state index in [0.717, 1.165) is 4.90 Å². The van der Waals surface area contributed by atoms with E-state index >= 15 is 0 Å². The highest BCUT2D eigenvalue weighted by Crippen LogP contribution is 2.41. The normalized spacial score (nSPS) is 22.7. The van der Waals surface area contributed by atoms with Crippen LogP contribution < -0.4 is 4.90 Å². The second kappa shape index (κ2) is 4.74. The minimum Gasteiger partial charge on any atom is -0.478 e. The number of para-hydroxylation sites is 1. The molecule has 1 aliphatic rings. The summed E-state index contributed by atoms with van der Waals surface area (Å²) < 4.78 is 0. The summed E-state index contributed by atoms with van der Waals surface area (Å²) in [6.07, 6.45) is 0.109. The largest absolute Gasteiger partial charge is 0.478 e. The monoisotopic (exact) mass is 275 g/mol. The minimum atomic E-state index is -1.15. The number of carbonyl (C=O) groups excluding carboxylic acids is 2. The third kappa shape index (κ3) is 1.99. The summed E-state index contributed by atoms with van der Waals surface area (Å²) >= 11 is 0. The topological polar surface area (TPSA) is 74.7 Å². The minimum absolute atomic E-state index is 0.000871. The zero-order valence-electron chi connectivity index (χ0n) is 11.7. The molecule has 1 heterocycles. The van der Waals surface area contributed by atoms with Crippen molar-refractivity contribution in [3.63, 3.8) is 0 Å². The van der Waals surface area contributed by atoms with Crippen molar-refractivity contribution < 1.29 is 19.5 Å². The molecule has 0 radical (unpaired) electrons. The van der Waals surface area contributed by atoms with Gasteiger partial charge in [0.15, 0.2) is 0 Å².